The molecule has 4 rings (SSSR count). The molecule has 0 saturated carbocycles. The lowest BCUT2D eigenvalue weighted by atomic mass is 9.79. The number of aliphatic hydroxyl groups excluding tert-OH is 1. The minimum absolute atomic E-state index is 0. The number of carbonyl (C=O) groups excluding carboxylic acids is 1. The maximum atomic E-state index is 13.2. The highest BCUT2D eigenvalue weighted by atomic mass is 35.5. The number of β-amino-alcohol motifs (C(OH)–C–C–N with tert-alkyl or cyclic N) is 1. The summed E-state index contributed by atoms with van der Waals surface area (Å²) in [6.07, 6.45) is 1.55. The molecule has 3 N–H and O–H groups in total. The number of nitrogens with one attached hydrogen (secondary N) is 2. The van der Waals surface area contributed by atoms with E-state index >= 15 is 0 Å². The largest absolute Gasteiger partial charge is 0.389 e. The molecule has 1 amide bonds. The molecule has 1 saturated heterocycles. The topological polar surface area (TPSA) is 74.2 Å². The van der Waals surface area contributed by atoms with E-state index < -0.39 is 11.6 Å². The fraction of sp³-hybridized carbons (Fsp3) is 0.238. The standard InChI is InChI=1S/C21H21N3O2.ClH/c25-19-14-22-13-11-21(19,15-6-2-1-3-7-15)24-20(26)17-10-12-23-18-9-5-4-8-16(17)18;/h1-10,12,19,22,25H,11,13-14H2,(H,24,26);1H/t19-,21-;/m1./s1. The van der Waals surface area contributed by atoms with E-state index in [1.165, 1.54) is 0 Å². The number of para-hydroxylation sites is 1. The first-order valence-corrected chi connectivity index (χ1v) is 8.81. The van der Waals surface area contributed by atoms with Crippen LogP contribution in [0.25, 0.3) is 10.9 Å². The number of pyridine rings is 1. The van der Waals surface area contributed by atoms with Crippen LogP contribution in [-0.4, -0.2) is 35.2 Å². The lowest BCUT2D eigenvalue weighted by Gasteiger charge is -2.43. The van der Waals surface area contributed by atoms with E-state index in [2.05, 4.69) is 15.6 Å². The van der Waals surface area contributed by atoms with Crippen LogP contribution in [0.5, 0.6) is 0 Å². The van der Waals surface area contributed by atoms with Crippen LogP contribution in [0.4, 0.5) is 0 Å². The molecule has 5 nitrogen and oxygen atoms in total. The molecule has 0 aliphatic carbocycles. The molecule has 0 unspecified atom stereocenters. The average molecular weight is 384 g/mol. The van der Waals surface area contributed by atoms with Gasteiger partial charge in [0, 0.05) is 18.1 Å². The zero-order chi connectivity index (χ0) is 18.0. The first-order valence-electron chi connectivity index (χ1n) is 8.81. The first kappa shape index (κ1) is 19.3. The predicted molar refractivity (Wildman–Crippen MR) is 108 cm³/mol. The van der Waals surface area contributed by atoms with Gasteiger partial charge in [0.1, 0.15) is 0 Å². The van der Waals surface area contributed by atoms with Crippen LogP contribution in [-0.2, 0) is 5.54 Å². The summed E-state index contributed by atoms with van der Waals surface area (Å²) in [4.78, 5) is 17.5. The number of fused-ring (bicyclic) bond motifs is 1. The van der Waals surface area contributed by atoms with Crippen LogP contribution in [0.15, 0.2) is 66.9 Å². The van der Waals surface area contributed by atoms with Crippen LogP contribution >= 0.6 is 12.4 Å². The number of nitrogens with zero attached hydrogens (tertiary/aromatic N) is 1. The van der Waals surface area contributed by atoms with Gasteiger partial charge in [-0.25, -0.2) is 0 Å². The van der Waals surface area contributed by atoms with E-state index in [-0.39, 0.29) is 18.3 Å². The number of halogens is 1. The third-order valence-corrected chi connectivity index (χ3v) is 5.12. The maximum absolute atomic E-state index is 13.2. The number of carbonyl (C=O) groups is 1. The third kappa shape index (κ3) is 3.54. The molecule has 2 aromatic carbocycles. The smallest absolute Gasteiger partial charge is 0.252 e. The second kappa shape index (κ2) is 8.05. The highest BCUT2D eigenvalue weighted by Gasteiger charge is 2.43. The number of hydrogen-bond donors (Lipinski definition) is 3. The van der Waals surface area contributed by atoms with Gasteiger partial charge in [-0.3, -0.25) is 9.78 Å². The number of aliphatic hydroxyl groups is 1. The Morgan fingerprint density at radius 1 is 1.11 bits per heavy atom. The Hall–Kier alpha value is -2.47. The van der Waals surface area contributed by atoms with Gasteiger partial charge in [-0.05, 0) is 30.7 Å². The lowest BCUT2D eigenvalue weighted by molar-refractivity contribution is 0.0290. The van der Waals surface area contributed by atoms with Gasteiger partial charge in [-0.2, -0.15) is 0 Å². The molecule has 2 heterocycles. The molecule has 1 aromatic heterocycles. The van der Waals surface area contributed by atoms with Gasteiger partial charge >= 0.3 is 0 Å². The molecule has 0 spiro atoms. The fourth-order valence-corrected chi connectivity index (χ4v) is 3.72. The molecule has 140 valence electrons. The second-order valence-electron chi connectivity index (χ2n) is 6.64. The van der Waals surface area contributed by atoms with E-state index in [4.69, 9.17) is 0 Å². The molecule has 1 aliphatic heterocycles. The number of rotatable bonds is 3. The third-order valence-electron chi connectivity index (χ3n) is 5.12. The molecule has 1 aliphatic rings. The molecule has 1 fully saturated rings. The van der Waals surface area contributed by atoms with Crippen molar-refractivity contribution >= 4 is 29.2 Å². The van der Waals surface area contributed by atoms with Gasteiger partial charge < -0.3 is 15.7 Å². The van der Waals surface area contributed by atoms with E-state index in [1.54, 1.807) is 12.3 Å². The maximum Gasteiger partial charge on any atom is 0.252 e. The Morgan fingerprint density at radius 2 is 1.85 bits per heavy atom. The van der Waals surface area contributed by atoms with Gasteiger partial charge in [0.2, 0.25) is 0 Å². The summed E-state index contributed by atoms with van der Waals surface area (Å²) in [5, 5.41) is 17.9. The second-order valence-corrected chi connectivity index (χ2v) is 6.64. The Kier molecular flexibility index (Phi) is 5.75. The van der Waals surface area contributed by atoms with Crippen molar-refractivity contribution in [1.29, 1.82) is 0 Å². The number of piperidine rings is 1. The SMILES string of the molecule is Cl.O=C(N[C@@]1(c2ccccc2)CCNC[C@H]1O)c1ccnc2ccccc12. The van der Waals surface area contributed by atoms with Crippen LogP contribution in [0.1, 0.15) is 22.3 Å². The molecular formula is C21H22ClN3O2. The normalized spacial score (nSPS) is 22.0. The number of amides is 1. The van der Waals surface area contributed by atoms with Crippen LogP contribution in [0, 0.1) is 0 Å². The average Bonchev–Trinajstić information content (AvgIpc) is 2.70. The summed E-state index contributed by atoms with van der Waals surface area (Å²) >= 11 is 0. The van der Waals surface area contributed by atoms with Gasteiger partial charge in [0.25, 0.3) is 5.91 Å². The quantitative estimate of drug-likeness (QED) is 0.650. The van der Waals surface area contributed by atoms with Gasteiger partial charge in [-0.1, -0.05) is 48.5 Å². The van der Waals surface area contributed by atoms with Gasteiger partial charge in [0.15, 0.2) is 0 Å². The van der Waals surface area contributed by atoms with Gasteiger partial charge in [-0.15, -0.1) is 12.4 Å². The van der Waals surface area contributed by atoms with E-state index in [9.17, 15) is 9.90 Å². The summed E-state index contributed by atoms with van der Waals surface area (Å²) in [6.45, 7) is 1.16. The van der Waals surface area contributed by atoms with Crippen molar-refractivity contribution in [2.45, 2.75) is 18.1 Å². The van der Waals surface area contributed by atoms with Crippen LogP contribution in [0.2, 0.25) is 0 Å². The Balaban J connectivity index is 0.00000210. The molecule has 3 aromatic rings. The molecule has 2 atom stereocenters. The zero-order valence-corrected chi connectivity index (χ0v) is 15.6. The fourth-order valence-electron chi connectivity index (χ4n) is 3.72. The summed E-state index contributed by atoms with van der Waals surface area (Å²) in [5.74, 6) is -0.201. The van der Waals surface area contributed by atoms with Gasteiger partial charge in [0.05, 0.1) is 22.7 Å². The molecule has 0 bridgehead atoms. The van der Waals surface area contributed by atoms with Crippen molar-refractivity contribution in [3.05, 3.63) is 78.0 Å². The number of aromatic nitrogens is 1. The summed E-state index contributed by atoms with van der Waals surface area (Å²) in [5.41, 5.74) is 1.45. The van der Waals surface area contributed by atoms with Crippen molar-refractivity contribution in [2.24, 2.45) is 0 Å². The highest BCUT2D eigenvalue weighted by Crippen LogP contribution is 2.32. The monoisotopic (exact) mass is 383 g/mol. The van der Waals surface area contributed by atoms with Crippen LogP contribution < -0.4 is 10.6 Å². The zero-order valence-electron chi connectivity index (χ0n) is 14.8. The molecule has 27 heavy (non-hydrogen) atoms. The summed E-state index contributed by atoms with van der Waals surface area (Å²) < 4.78 is 0. The van der Waals surface area contributed by atoms with Crippen molar-refractivity contribution in [1.82, 2.24) is 15.6 Å². The molecule has 6 heteroatoms. The van der Waals surface area contributed by atoms with E-state index in [0.29, 0.717) is 18.5 Å². The minimum atomic E-state index is -0.812. The molecular weight excluding hydrogens is 362 g/mol. The van der Waals surface area contributed by atoms with E-state index in [0.717, 1.165) is 23.0 Å². The van der Waals surface area contributed by atoms with Crippen molar-refractivity contribution < 1.29 is 9.90 Å². The van der Waals surface area contributed by atoms with Crippen molar-refractivity contribution in [3.8, 4) is 0 Å². The molecule has 0 radical (unpaired) electrons. The van der Waals surface area contributed by atoms with Crippen LogP contribution in [0.3, 0.4) is 0 Å². The summed E-state index contributed by atoms with van der Waals surface area (Å²) in [7, 11) is 0. The van der Waals surface area contributed by atoms with Crippen molar-refractivity contribution in [2.75, 3.05) is 13.1 Å². The first-order chi connectivity index (χ1) is 12.7. The summed E-state index contributed by atoms with van der Waals surface area (Å²) in [6, 6.07) is 19.0. The Labute approximate surface area is 164 Å². The lowest BCUT2D eigenvalue weighted by Crippen LogP contribution is -2.61. The predicted octanol–water partition coefficient (Wildman–Crippen LogP) is 2.64. The van der Waals surface area contributed by atoms with E-state index in [1.807, 2.05) is 54.6 Å². The van der Waals surface area contributed by atoms with Crippen molar-refractivity contribution in [3.63, 3.8) is 0 Å². The number of benzene rings is 2. The highest BCUT2D eigenvalue weighted by molar-refractivity contribution is 6.06. The Bertz CT molecular complexity index is 930. The minimum Gasteiger partial charge on any atom is -0.389 e. The Morgan fingerprint density at radius 3 is 2.63 bits per heavy atom. The number of hydrogen-bond acceptors (Lipinski definition) is 4.